The number of nitrogens with zero attached hydrogens (tertiary/aromatic N) is 1. The second kappa shape index (κ2) is 4.77. The average Bonchev–Trinajstić information content (AvgIpc) is 2.70. The van der Waals surface area contributed by atoms with E-state index in [2.05, 4.69) is 44.6 Å². The summed E-state index contributed by atoms with van der Waals surface area (Å²) in [6.45, 7) is 2.11. The van der Waals surface area contributed by atoms with Gasteiger partial charge in [-0.15, -0.1) is 11.3 Å². The topological polar surface area (TPSA) is 24.9 Å². The van der Waals surface area contributed by atoms with Gasteiger partial charge in [0.2, 0.25) is 0 Å². The molecule has 0 aliphatic rings. The molecule has 0 aliphatic heterocycles. The zero-order valence-electron chi connectivity index (χ0n) is 8.27. The lowest BCUT2D eigenvalue weighted by Gasteiger charge is -2.13. The van der Waals surface area contributed by atoms with Gasteiger partial charge in [0, 0.05) is 15.5 Å². The Morgan fingerprint density at radius 3 is 3.00 bits per heavy atom. The van der Waals surface area contributed by atoms with Crippen LogP contribution in [0.15, 0.2) is 39.6 Å². The van der Waals surface area contributed by atoms with Crippen LogP contribution >= 0.6 is 27.3 Å². The first kappa shape index (κ1) is 10.6. The highest BCUT2D eigenvalue weighted by molar-refractivity contribution is 9.10. The first-order valence-corrected chi connectivity index (χ1v) is 6.39. The number of thiazole rings is 1. The SMILES string of the molecule is CC(Nc1cccc(Br)c1)c1cscn1. The van der Waals surface area contributed by atoms with Crippen molar-refractivity contribution in [1.82, 2.24) is 4.98 Å². The molecule has 2 nitrogen and oxygen atoms in total. The number of hydrogen-bond acceptors (Lipinski definition) is 3. The number of aromatic nitrogens is 1. The lowest BCUT2D eigenvalue weighted by Crippen LogP contribution is -2.06. The van der Waals surface area contributed by atoms with Gasteiger partial charge in [0.15, 0.2) is 0 Å². The molecule has 1 N–H and O–H groups in total. The Kier molecular flexibility index (Phi) is 3.38. The van der Waals surface area contributed by atoms with E-state index in [1.165, 1.54) is 0 Å². The molecule has 0 spiro atoms. The molecular formula is C11H11BrN2S. The molecule has 0 bridgehead atoms. The summed E-state index contributed by atoms with van der Waals surface area (Å²) in [7, 11) is 0. The second-order valence-corrected chi connectivity index (χ2v) is 4.92. The predicted molar refractivity (Wildman–Crippen MR) is 68.3 cm³/mol. The van der Waals surface area contributed by atoms with Gasteiger partial charge in [-0.1, -0.05) is 22.0 Å². The van der Waals surface area contributed by atoms with E-state index in [-0.39, 0.29) is 6.04 Å². The number of halogens is 1. The zero-order chi connectivity index (χ0) is 10.7. The minimum Gasteiger partial charge on any atom is -0.377 e. The van der Waals surface area contributed by atoms with Crippen molar-refractivity contribution in [2.45, 2.75) is 13.0 Å². The van der Waals surface area contributed by atoms with Crippen molar-refractivity contribution in [3.8, 4) is 0 Å². The van der Waals surface area contributed by atoms with E-state index in [0.29, 0.717) is 0 Å². The molecule has 0 saturated heterocycles. The molecular weight excluding hydrogens is 272 g/mol. The van der Waals surface area contributed by atoms with Gasteiger partial charge in [0.05, 0.1) is 17.2 Å². The molecule has 1 heterocycles. The third-order valence-electron chi connectivity index (χ3n) is 2.10. The fourth-order valence-electron chi connectivity index (χ4n) is 1.34. The number of nitrogens with one attached hydrogen (secondary N) is 1. The number of benzene rings is 1. The summed E-state index contributed by atoms with van der Waals surface area (Å²) in [6, 6.07) is 8.38. The van der Waals surface area contributed by atoms with Crippen molar-refractivity contribution < 1.29 is 0 Å². The molecule has 0 radical (unpaired) electrons. The first-order valence-electron chi connectivity index (χ1n) is 4.66. The summed E-state index contributed by atoms with van der Waals surface area (Å²) in [5.74, 6) is 0. The summed E-state index contributed by atoms with van der Waals surface area (Å²) in [5.41, 5.74) is 4.04. The molecule has 1 atom stereocenters. The first-order chi connectivity index (χ1) is 7.25. The third kappa shape index (κ3) is 2.79. The van der Waals surface area contributed by atoms with Crippen LogP contribution in [0.5, 0.6) is 0 Å². The molecule has 15 heavy (non-hydrogen) atoms. The van der Waals surface area contributed by atoms with E-state index in [0.717, 1.165) is 15.9 Å². The Hall–Kier alpha value is -0.870. The van der Waals surface area contributed by atoms with Crippen LogP contribution in [0.2, 0.25) is 0 Å². The average molecular weight is 283 g/mol. The van der Waals surface area contributed by atoms with Crippen molar-refractivity contribution in [2.24, 2.45) is 0 Å². The molecule has 0 fully saturated rings. The van der Waals surface area contributed by atoms with Crippen LogP contribution in [0.1, 0.15) is 18.7 Å². The van der Waals surface area contributed by atoms with E-state index in [9.17, 15) is 0 Å². The van der Waals surface area contributed by atoms with Crippen molar-refractivity contribution in [3.05, 3.63) is 45.3 Å². The fraction of sp³-hybridized carbons (Fsp3) is 0.182. The van der Waals surface area contributed by atoms with Crippen LogP contribution in [0, 0.1) is 0 Å². The third-order valence-corrected chi connectivity index (χ3v) is 3.20. The minimum atomic E-state index is 0.241. The molecule has 0 saturated carbocycles. The van der Waals surface area contributed by atoms with E-state index >= 15 is 0 Å². The highest BCUT2D eigenvalue weighted by Crippen LogP contribution is 2.21. The van der Waals surface area contributed by atoms with E-state index in [1.54, 1.807) is 11.3 Å². The molecule has 2 rings (SSSR count). The predicted octanol–water partition coefficient (Wildman–Crippen LogP) is 4.08. The summed E-state index contributed by atoms with van der Waals surface area (Å²) in [4.78, 5) is 4.28. The Balaban J connectivity index is 2.09. The normalized spacial score (nSPS) is 12.4. The van der Waals surface area contributed by atoms with Crippen LogP contribution in [0.3, 0.4) is 0 Å². The van der Waals surface area contributed by atoms with E-state index < -0.39 is 0 Å². The van der Waals surface area contributed by atoms with Gasteiger partial charge in [0.1, 0.15) is 0 Å². The number of hydrogen-bond donors (Lipinski definition) is 1. The molecule has 1 unspecified atom stereocenters. The lowest BCUT2D eigenvalue weighted by atomic mass is 10.2. The zero-order valence-corrected chi connectivity index (χ0v) is 10.7. The van der Waals surface area contributed by atoms with Gasteiger partial charge in [-0.2, -0.15) is 0 Å². The molecule has 1 aromatic carbocycles. The van der Waals surface area contributed by atoms with E-state index in [1.807, 2.05) is 23.7 Å². The summed E-state index contributed by atoms with van der Waals surface area (Å²) in [5, 5.41) is 5.46. The van der Waals surface area contributed by atoms with Crippen LogP contribution in [0.4, 0.5) is 5.69 Å². The highest BCUT2D eigenvalue weighted by atomic mass is 79.9. The van der Waals surface area contributed by atoms with Gasteiger partial charge in [-0.25, -0.2) is 4.98 Å². The van der Waals surface area contributed by atoms with Gasteiger partial charge in [-0.05, 0) is 25.1 Å². The molecule has 0 amide bonds. The van der Waals surface area contributed by atoms with Crippen molar-refractivity contribution in [2.75, 3.05) is 5.32 Å². The summed E-state index contributed by atoms with van der Waals surface area (Å²) in [6.07, 6.45) is 0. The molecule has 1 aromatic heterocycles. The van der Waals surface area contributed by atoms with Gasteiger partial charge in [0.25, 0.3) is 0 Å². The Labute approximate surface area is 101 Å². The number of anilines is 1. The molecule has 4 heteroatoms. The standard InChI is InChI=1S/C11H11BrN2S/c1-8(11-6-15-7-13-11)14-10-4-2-3-9(12)5-10/h2-8,14H,1H3. The summed E-state index contributed by atoms with van der Waals surface area (Å²) < 4.78 is 1.08. The van der Waals surface area contributed by atoms with Crippen molar-refractivity contribution >= 4 is 33.0 Å². The fourth-order valence-corrected chi connectivity index (χ4v) is 2.39. The highest BCUT2D eigenvalue weighted by Gasteiger charge is 2.06. The molecule has 0 aliphatic carbocycles. The van der Waals surface area contributed by atoms with Crippen molar-refractivity contribution in [1.29, 1.82) is 0 Å². The van der Waals surface area contributed by atoms with Crippen LogP contribution in [-0.4, -0.2) is 4.98 Å². The minimum absolute atomic E-state index is 0.241. The summed E-state index contributed by atoms with van der Waals surface area (Å²) >= 11 is 5.07. The van der Waals surface area contributed by atoms with Crippen LogP contribution < -0.4 is 5.32 Å². The quantitative estimate of drug-likeness (QED) is 0.918. The second-order valence-electron chi connectivity index (χ2n) is 3.29. The van der Waals surface area contributed by atoms with Crippen LogP contribution in [-0.2, 0) is 0 Å². The Bertz CT molecular complexity index is 428. The maximum atomic E-state index is 4.28. The van der Waals surface area contributed by atoms with Gasteiger partial charge < -0.3 is 5.32 Å². The Morgan fingerprint density at radius 2 is 2.33 bits per heavy atom. The maximum Gasteiger partial charge on any atom is 0.0795 e. The van der Waals surface area contributed by atoms with Crippen LogP contribution in [0.25, 0.3) is 0 Å². The maximum absolute atomic E-state index is 4.28. The van der Waals surface area contributed by atoms with E-state index in [4.69, 9.17) is 0 Å². The van der Waals surface area contributed by atoms with Gasteiger partial charge >= 0.3 is 0 Å². The number of rotatable bonds is 3. The van der Waals surface area contributed by atoms with Crippen molar-refractivity contribution in [3.63, 3.8) is 0 Å². The Morgan fingerprint density at radius 1 is 1.47 bits per heavy atom. The largest absolute Gasteiger partial charge is 0.377 e. The molecule has 2 aromatic rings. The monoisotopic (exact) mass is 282 g/mol. The smallest absolute Gasteiger partial charge is 0.0795 e. The lowest BCUT2D eigenvalue weighted by molar-refractivity contribution is 0.850. The molecule has 78 valence electrons. The van der Waals surface area contributed by atoms with Gasteiger partial charge in [-0.3, -0.25) is 0 Å².